The average Bonchev–Trinajstić information content (AvgIpc) is 2.55. The summed E-state index contributed by atoms with van der Waals surface area (Å²) in [4.78, 5) is 2.76. The number of nitrogens with two attached hydrogens (primary N) is 1. The van der Waals surface area contributed by atoms with E-state index in [-0.39, 0.29) is 0 Å². The fraction of sp³-hybridized carbons (Fsp3) is 1.00. The molecule has 2 fully saturated rings. The summed E-state index contributed by atoms with van der Waals surface area (Å²) in [6.45, 7) is 4.99. The van der Waals surface area contributed by atoms with Crippen LogP contribution in [0.2, 0.25) is 0 Å². The molecule has 1 saturated carbocycles. The van der Waals surface area contributed by atoms with Crippen LogP contribution in [0.15, 0.2) is 0 Å². The summed E-state index contributed by atoms with van der Waals surface area (Å²) >= 11 is 0. The molecule has 100 valence electrons. The molecule has 0 spiro atoms. The lowest BCUT2D eigenvalue weighted by Gasteiger charge is -2.36. The molecule has 2 N–H and O–H groups in total. The highest BCUT2D eigenvalue weighted by atomic mass is 15.2. The first kappa shape index (κ1) is 13.4. The van der Waals surface area contributed by atoms with E-state index in [1.807, 2.05) is 0 Å². The molecule has 2 nitrogen and oxygen atoms in total. The van der Waals surface area contributed by atoms with E-state index in [0.717, 1.165) is 12.0 Å². The van der Waals surface area contributed by atoms with Crippen LogP contribution in [0.4, 0.5) is 0 Å². The Hall–Kier alpha value is -0.0800. The van der Waals surface area contributed by atoms with Crippen molar-refractivity contribution < 1.29 is 0 Å². The van der Waals surface area contributed by atoms with Crippen molar-refractivity contribution >= 4 is 0 Å². The molecule has 1 aliphatic carbocycles. The number of hydrogen-bond acceptors (Lipinski definition) is 2. The molecule has 2 aliphatic rings. The first-order valence-electron chi connectivity index (χ1n) is 7.79. The van der Waals surface area contributed by atoms with Gasteiger partial charge in [0.15, 0.2) is 0 Å². The van der Waals surface area contributed by atoms with Gasteiger partial charge in [-0.25, -0.2) is 0 Å². The Morgan fingerprint density at radius 2 is 1.94 bits per heavy atom. The Labute approximate surface area is 107 Å². The fourth-order valence-electron chi connectivity index (χ4n) is 3.78. The smallest absolute Gasteiger partial charge is 0.0110 e. The van der Waals surface area contributed by atoms with Crippen molar-refractivity contribution in [3.05, 3.63) is 0 Å². The van der Waals surface area contributed by atoms with Gasteiger partial charge in [-0.3, -0.25) is 0 Å². The minimum Gasteiger partial charge on any atom is -0.328 e. The second kappa shape index (κ2) is 6.75. The van der Waals surface area contributed by atoms with Gasteiger partial charge in [-0.15, -0.1) is 0 Å². The van der Waals surface area contributed by atoms with Crippen LogP contribution in [0.3, 0.4) is 0 Å². The van der Waals surface area contributed by atoms with Gasteiger partial charge in [-0.2, -0.15) is 0 Å². The zero-order valence-corrected chi connectivity index (χ0v) is 11.5. The van der Waals surface area contributed by atoms with Crippen molar-refractivity contribution in [3.8, 4) is 0 Å². The topological polar surface area (TPSA) is 29.3 Å². The second-order valence-corrected chi connectivity index (χ2v) is 6.20. The minimum absolute atomic E-state index is 0.475. The normalized spacial score (nSPS) is 36.7. The van der Waals surface area contributed by atoms with Crippen LogP contribution in [-0.2, 0) is 0 Å². The highest BCUT2D eigenvalue weighted by Gasteiger charge is 2.26. The molecule has 3 unspecified atom stereocenters. The molecule has 0 amide bonds. The van der Waals surface area contributed by atoms with E-state index < -0.39 is 0 Å². The molecule has 1 heterocycles. The molecule has 3 atom stereocenters. The third kappa shape index (κ3) is 3.96. The van der Waals surface area contributed by atoms with Crippen molar-refractivity contribution in [2.75, 3.05) is 13.1 Å². The molecule has 1 saturated heterocycles. The zero-order valence-electron chi connectivity index (χ0n) is 11.5. The van der Waals surface area contributed by atoms with Crippen LogP contribution in [0.25, 0.3) is 0 Å². The van der Waals surface area contributed by atoms with E-state index in [0.29, 0.717) is 6.04 Å². The Balaban J connectivity index is 1.81. The van der Waals surface area contributed by atoms with Gasteiger partial charge in [-0.05, 0) is 57.5 Å². The maximum Gasteiger partial charge on any atom is 0.0110 e. The zero-order chi connectivity index (χ0) is 12.1. The molecular formula is C15H30N2. The van der Waals surface area contributed by atoms with Crippen LogP contribution >= 0.6 is 0 Å². The second-order valence-electron chi connectivity index (χ2n) is 6.20. The van der Waals surface area contributed by atoms with Crippen LogP contribution in [0, 0.1) is 5.92 Å². The summed E-state index contributed by atoms with van der Waals surface area (Å²) < 4.78 is 0. The Bertz CT molecular complexity index is 217. The van der Waals surface area contributed by atoms with Crippen LogP contribution < -0.4 is 5.73 Å². The van der Waals surface area contributed by atoms with Gasteiger partial charge < -0.3 is 10.6 Å². The molecule has 1 aliphatic heterocycles. The van der Waals surface area contributed by atoms with Crippen molar-refractivity contribution in [1.29, 1.82) is 0 Å². The molecule has 2 heteroatoms. The van der Waals surface area contributed by atoms with Crippen molar-refractivity contribution in [3.63, 3.8) is 0 Å². The molecule has 2 rings (SSSR count). The monoisotopic (exact) mass is 238 g/mol. The van der Waals surface area contributed by atoms with E-state index in [1.54, 1.807) is 0 Å². The van der Waals surface area contributed by atoms with Gasteiger partial charge in [0.05, 0.1) is 0 Å². The van der Waals surface area contributed by atoms with Crippen LogP contribution in [-0.4, -0.2) is 30.1 Å². The minimum atomic E-state index is 0.475. The van der Waals surface area contributed by atoms with E-state index in [1.165, 1.54) is 70.9 Å². The number of nitrogens with zero attached hydrogens (tertiary/aromatic N) is 1. The average molecular weight is 238 g/mol. The Kier molecular flexibility index (Phi) is 5.30. The molecule has 0 bridgehead atoms. The molecule has 0 radical (unpaired) electrons. The lowest BCUT2D eigenvalue weighted by molar-refractivity contribution is 0.150. The van der Waals surface area contributed by atoms with Crippen LogP contribution in [0.1, 0.15) is 64.7 Å². The number of rotatable bonds is 3. The lowest BCUT2D eigenvalue weighted by atomic mass is 9.90. The predicted octanol–water partition coefficient (Wildman–Crippen LogP) is 3.16. The number of hydrogen-bond donors (Lipinski definition) is 1. The molecule has 0 aromatic rings. The van der Waals surface area contributed by atoms with Gasteiger partial charge in [0.2, 0.25) is 0 Å². The first-order valence-corrected chi connectivity index (χ1v) is 7.79. The number of likely N-dealkylation sites (tertiary alicyclic amines) is 1. The van der Waals surface area contributed by atoms with Crippen molar-refractivity contribution in [2.45, 2.75) is 76.8 Å². The fourth-order valence-corrected chi connectivity index (χ4v) is 3.78. The van der Waals surface area contributed by atoms with Crippen molar-refractivity contribution in [2.24, 2.45) is 11.7 Å². The van der Waals surface area contributed by atoms with Gasteiger partial charge >= 0.3 is 0 Å². The largest absolute Gasteiger partial charge is 0.328 e. The van der Waals surface area contributed by atoms with Crippen molar-refractivity contribution in [1.82, 2.24) is 4.90 Å². The molecule has 0 aromatic carbocycles. The summed E-state index contributed by atoms with van der Waals surface area (Å²) in [5, 5.41) is 0. The highest BCUT2D eigenvalue weighted by Crippen LogP contribution is 2.27. The molecular weight excluding hydrogens is 208 g/mol. The summed E-state index contributed by atoms with van der Waals surface area (Å²) in [6.07, 6.45) is 12.4. The van der Waals surface area contributed by atoms with E-state index >= 15 is 0 Å². The third-order valence-corrected chi connectivity index (χ3v) is 4.78. The molecule has 0 aromatic heterocycles. The SMILES string of the molecule is CCCC1CCCN(C2CCCC(N)C2)CC1. The predicted molar refractivity (Wildman–Crippen MR) is 74.1 cm³/mol. The Morgan fingerprint density at radius 1 is 1.06 bits per heavy atom. The summed E-state index contributed by atoms with van der Waals surface area (Å²) in [5.74, 6) is 1.00. The summed E-state index contributed by atoms with van der Waals surface area (Å²) in [6, 6.07) is 1.28. The Morgan fingerprint density at radius 3 is 2.71 bits per heavy atom. The van der Waals surface area contributed by atoms with Gasteiger partial charge in [-0.1, -0.05) is 26.2 Å². The highest BCUT2D eigenvalue weighted by molar-refractivity contribution is 4.83. The summed E-state index contributed by atoms with van der Waals surface area (Å²) in [5.41, 5.74) is 6.12. The maximum atomic E-state index is 6.12. The lowest BCUT2D eigenvalue weighted by Crippen LogP contribution is -2.43. The van der Waals surface area contributed by atoms with E-state index in [9.17, 15) is 0 Å². The maximum absolute atomic E-state index is 6.12. The van der Waals surface area contributed by atoms with Gasteiger partial charge in [0.1, 0.15) is 0 Å². The summed E-state index contributed by atoms with van der Waals surface area (Å²) in [7, 11) is 0. The first-order chi connectivity index (χ1) is 8.29. The van der Waals surface area contributed by atoms with Crippen LogP contribution in [0.5, 0.6) is 0 Å². The van der Waals surface area contributed by atoms with E-state index in [2.05, 4.69) is 11.8 Å². The van der Waals surface area contributed by atoms with Gasteiger partial charge in [0, 0.05) is 12.1 Å². The van der Waals surface area contributed by atoms with Gasteiger partial charge in [0.25, 0.3) is 0 Å². The standard InChI is InChI=1S/C15H30N2/c1-2-5-13-6-4-10-17(11-9-13)15-8-3-7-14(16)12-15/h13-15H,2-12,16H2,1H3. The molecule has 17 heavy (non-hydrogen) atoms. The third-order valence-electron chi connectivity index (χ3n) is 4.78. The quantitative estimate of drug-likeness (QED) is 0.818. The van der Waals surface area contributed by atoms with E-state index in [4.69, 9.17) is 5.73 Å².